The molecule has 0 spiro atoms. The molecule has 0 saturated carbocycles. The minimum atomic E-state index is 0.242. The van der Waals surface area contributed by atoms with Gasteiger partial charge >= 0.3 is 0 Å². The predicted molar refractivity (Wildman–Crippen MR) is 77.7 cm³/mol. The zero-order chi connectivity index (χ0) is 14.7. The van der Waals surface area contributed by atoms with Gasteiger partial charge in [-0.25, -0.2) is 0 Å². The fourth-order valence-corrected chi connectivity index (χ4v) is 2.77. The second kappa shape index (κ2) is 6.41. The van der Waals surface area contributed by atoms with Gasteiger partial charge in [-0.05, 0) is 18.6 Å². The summed E-state index contributed by atoms with van der Waals surface area (Å²) < 4.78 is 13.1. The van der Waals surface area contributed by atoms with Crippen LogP contribution in [0.4, 0.5) is 0 Å². The number of rotatable bonds is 5. The fourth-order valence-electron chi connectivity index (χ4n) is 2.77. The third-order valence-electron chi connectivity index (χ3n) is 3.88. The van der Waals surface area contributed by atoms with Gasteiger partial charge < -0.3 is 13.8 Å². The number of aryl methyl sites for hydroxylation is 2. The first-order valence-corrected chi connectivity index (χ1v) is 7.52. The van der Waals surface area contributed by atoms with E-state index < -0.39 is 0 Å². The molecule has 0 aromatic carbocycles. The molecule has 1 aliphatic rings. The van der Waals surface area contributed by atoms with Crippen LogP contribution >= 0.6 is 0 Å². The highest BCUT2D eigenvalue weighted by Crippen LogP contribution is 2.25. The zero-order valence-corrected chi connectivity index (χ0v) is 12.7. The van der Waals surface area contributed by atoms with Crippen LogP contribution in [-0.4, -0.2) is 39.4 Å². The molecule has 3 heterocycles. The van der Waals surface area contributed by atoms with Crippen molar-refractivity contribution in [3.63, 3.8) is 0 Å². The van der Waals surface area contributed by atoms with E-state index in [9.17, 15) is 0 Å². The molecule has 3 rings (SSSR count). The largest absolute Gasteiger partial charge is 0.378 e. The van der Waals surface area contributed by atoms with E-state index in [0.29, 0.717) is 13.2 Å². The van der Waals surface area contributed by atoms with Gasteiger partial charge in [-0.3, -0.25) is 4.90 Å². The van der Waals surface area contributed by atoms with Crippen LogP contribution in [0.1, 0.15) is 36.8 Å². The molecule has 1 atom stereocenters. The van der Waals surface area contributed by atoms with Crippen LogP contribution < -0.4 is 0 Å². The Morgan fingerprint density at radius 3 is 3.10 bits per heavy atom. The number of aromatic nitrogens is 3. The summed E-state index contributed by atoms with van der Waals surface area (Å²) in [6.07, 6.45) is 3.93. The molecule has 0 amide bonds. The summed E-state index contributed by atoms with van der Waals surface area (Å²) in [5.74, 6) is 1.50. The Morgan fingerprint density at radius 2 is 2.33 bits per heavy atom. The summed E-state index contributed by atoms with van der Waals surface area (Å²) in [6.45, 7) is 5.15. The molecule has 6 heteroatoms. The molecule has 1 fully saturated rings. The summed E-state index contributed by atoms with van der Waals surface area (Å²) >= 11 is 0. The maximum Gasteiger partial charge on any atom is 0.226 e. The number of ether oxygens (including phenoxy) is 1. The predicted octanol–water partition coefficient (Wildman–Crippen LogP) is 1.93. The first kappa shape index (κ1) is 14.3. The Labute approximate surface area is 124 Å². The number of morpholine rings is 1. The van der Waals surface area contributed by atoms with Crippen LogP contribution in [0, 0.1) is 0 Å². The van der Waals surface area contributed by atoms with Crippen LogP contribution in [0.15, 0.2) is 22.9 Å². The van der Waals surface area contributed by atoms with E-state index in [2.05, 4.69) is 51.9 Å². The third-order valence-corrected chi connectivity index (χ3v) is 3.88. The monoisotopic (exact) mass is 290 g/mol. The Kier molecular flexibility index (Phi) is 4.36. The van der Waals surface area contributed by atoms with Crippen molar-refractivity contribution in [2.45, 2.75) is 32.4 Å². The van der Waals surface area contributed by atoms with Crippen molar-refractivity contribution in [3.05, 3.63) is 35.7 Å². The first-order valence-electron chi connectivity index (χ1n) is 7.52. The Hall–Kier alpha value is -1.66. The van der Waals surface area contributed by atoms with Crippen LogP contribution in [0.3, 0.4) is 0 Å². The van der Waals surface area contributed by atoms with E-state index in [-0.39, 0.29) is 6.04 Å². The summed E-state index contributed by atoms with van der Waals surface area (Å²) in [7, 11) is 2.07. The van der Waals surface area contributed by atoms with Crippen molar-refractivity contribution in [1.82, 2.24) is 19.6 Å². The Bertz CT molecular complexity index is 578. The molecule has 0 N–H and O–H groups in total. The Balaban J connectivity index is 1.73. The molecule has 1 unspecified atom stereocenters. The average Bonchev–Trinajstić information content (AvgIpc) is 3.09. The maximum atomic E-state index is 5.65. The second-order valence-corrected chi connectivity index (χ2v) is 5.46. The fraction of sp³-hybridized carbons (Fsp3) is 0.600. The minimum Gasteiger partial charge on any atom is -0.378 e. The number of nitrogens with zero attached hydrogens (tertiary/aromatic N) is 4. The molecule has 2 aromatic rings. The minimum absolute atomic E-state index is 0.242. The van der Waals surface area contributed by atoms with Gasteiger partial charge in [0.05, 0.1) is 25.8 Å². The quantitative estimate of drug-likeness (QED) is 0.842. The molecule has 0 bridgehead atoms. The van der Waals surface area contributed by atoms with Gasteiger partial charge in [-0.1, -0.05) is 12.1 Å². The highest BCUT2D eigenvalue weighted by molar-refractivity contribution is 5.13. The van der Waals surface area contributed by atoms with Crippen molar-refractivity contribution in [2.24, 2.45) is 7.05 Å². The number of hydrogen-bond acceptors (Lipinski definition) is 5. The van der Waals surface area contributed by atoms with Crippen LogP contribution in [0.25, 0.3) is 0 Å². The van der Waals surface area contributed by atoms with Crippen LogP contribution in [0.5, 0.6) is 0 Å². The van der Waals surface area contributed by atoms with Crippen LogP contribution in [-0.2, 0) is 24.8 Å². The lowest BCUT2D eigenvalue weighted by molar-refractivity contribution is -0.0165. The molecule has 21 heavy (non-hydrogen) atoms. The van der Waals surface area contributed by atoms with Crippen molar-refractivity contribution in [3.8, 4) is 0 Å². The molecule has 6 nitrogen and oxygen atoms in total. The molecule has 2 aromatic heterocycles. The first-order chi connectivity index (χ1) is 10.3. The normalized spacial score (nSPS) is 20.0. The van der Waals surface area contributed by atoms with Gasteiger partial charge in [-0.15, -0.1) is 0 Å². The molecular weight excluding hydrogens is 268 g/mol. The van der Waals surface area contributed by atoms with E-state index in [1.165, 1.54) is 5.69 Å². The lowest BCUT2D eigenvalue weighted by atomic mass is 10.1. The van der Waals surface area contributed by atoms with Gasteiger partial charge in [0.15, 0.2) is 5.82 Å². The molecular formula is C15H22N4O2. The molecule has 1 saturated heterocycles. The molecule has 1 aliphatic heterocycles. The van der Waals surface area contributed by atoms with E-state index in [4.69, 9.17) is 9.26 Å². The highest BCUT2D eigenvalue weighted by Gasteiger charge is 2.27. The smallest absolute Gasteiger partial charge is 0.226 e. The second-order valence-electron chi connectivity index (χ2n) is 5.46. The van der Waals surface area contributed by atoms with Gasteiger partial charge in [0.2, 0.25) is 5.89 Å². The van der Waals surface area contributed by atoms with E-state index >= 15 is 0 Å². The van der Waals surface area contributed by atoms with Crippen molar-refractivity contribution in [1.29, 1.82) is 0 Å². The lowest BCUT2D eigenvalue weighted by Gasteiger charge is -2.35. The van der Waals surface area contributed by atoms with Gasteiger partial charge in [0.25, 0.3) is 0 Å². The summed E-state index contributed by atoms with van der Waals surface area (Å²) in [6, 6.07) is 4.45. The van der Waals surface area contributed by atoms with Gasteiger partial charge in [-0.2, -0.15) is 4.98 Å². The number of hydrogen-bond donors (Lipinski definition) is 0. The topological polar surface area (TPSA) is 56.3 Å². The van der Waals surface area contributed by atoms with Crippen LogP contribution in [0.2, 0.25) is 0 Å². The lowest BCUT2D eigenvalue weighted by Crippen LogP contribution is -2.40. The average molecular weight is 290 g/mol. The van der Waals surface area contributed by atoms with E-state index in [0.717, 1.165) is 37.7 Å². The summed E-state index contributed by atoms with van der Waals surface area (Å²) in [4.78, 5) is 6.83. The molecule has 0 aliphatic carbocycles. The van der Waals surface area contributed by atoms with Crippen molar-refractivity contribution < 1.29 is 9.26 Å². The summed E-state index contributed by atoms with van der Waals surface area (Å²) in [5, 5.41) is 4.09. The molecule has 114 valence electrons. The zero-order valence-electron chi connectivity index (χ0n) is 12.7. The highest BCUT2D eigenvalue weighted by atomic mass is 16.5. The Morgan fingerprint density at radius 1 is 1.43 bits per heavy atom. The molecule has 0 radical (unpaired) electrons. The third kappa shape index (κ3) is 3.16. The van der Waals surface area contributed by atoms with Crippen molar-refractivity contribution >= 4 is 0 Å². The van der Waals surface area contributed by atoms with Gasteiger partial charge in [0.1, 0.15) is 0 Å². The SMILES string of the molecule is CCCc1nc(CN2CCOCC2c2cccn2C)no1. The van der Waals surface area contributed by atoms with Gasteiger partial charge in [0, 0.05) is 31.9 Å². The van der Waals surface area contributed by atoms with E-state index in [1.54, 1.807) is 0 Å². The van der Waals surface area contributed by atoms with Crippen molar-refractivity contribution in [2.75, 3.05) is 19.8 Å². The van der Waals surface area contributed by atoms with E-state index in [1.807, 2.05) is 0 Å². The standard InChI is InChI=1S/C15H22N4O2/c1-3-5-15-16-14(17-21-15)10-19-8-9-20-11-13(19)12-6-4-7-18(12)2/h4,6-7,13H,3,5,8-11H2,1-2H3. The summed E-state index contributed by atoms with van der Waals surface area (Å²) in [5.41, 5.74) is 1.26. The maximum absolute atomic E-state index is 5.65.